The van der Waals surface area contributed by atoms with E-state index in [1.165, 1.54) is 5.56 Å². The average molecular weight is 240 g/mol. The van der Waals surface area contributed by atoms with E-state index in [0.717, 1.165) is 29.9 Å². The highest BCUT2D eigenvalue weighted by Crippen LogP contribution is 2.37. The van der Waals surface area contributed by atoms with Crippen LogP contribution in [0.15, 0.2) is 36.4 Å². The number of nitrogens with zero attached hydrogens (tertiary/aromatic N) is 1. The fourth-order valence-corrected chi connectivity index (χ4v) is 2.59. The van der Waals surface area contributed by atoms with E-state index in [2.05, 4.69) is 16.4 Å². The fourth-order valence-electron chi connectivity index (χ4n) is 2.59. The standard InChI is InChI=1S/C15H16N2O/c1-10-4-2-7-15(16-10)17-13-9-8-12-11(13)5-3-6-14(12)18/h2-7,13,18H,8-9H2,1H3,(H,16,17)/t13-/m0/s1. The van der Waals surface area contributed by atoms with Crippen molar-refractivity contribution in [2.45, 2.75) is 25.8 Å². The molecule has 18 heavy (non-hydrogen) atoms. The molecule has 1 atom stereocenters. The molecule has 1 aliphatic carbocycles. The number of aryl methyl sites for hydroxylation is 1. The van der Waals surface area contributed by atoms with Gasteiger partial charge in [-0.05, 0) is 49.1 Å². The highest BCUT2D eigenvalue weighted by atomic mass is 16.3. The number of pyridine rings is 1. The number of fused-ring (bicyclic) bond motifs is 1. The average Bonchev–Trinajstić information content (AvgIpc) is 2.74. The SMILES string of the molecule is Cc1cccc(N[C@H]2CCc3c(O)cccc32)n1. The van der Waals surface area contributed by atoms with Gasteiger partial charge in [0, 0.05) is 5.69 Å². The van der Waals surface area contributed by atoms with E-state index in [1.54, 1.807) is 6.07 Å². The van der Waals surface area contributed by atoms with Crippen molar-refractivity contribution < 1.29 is 5.11 Å². The first-order valence-electron chi connectivity index (χ1n) is 6.25. The van der Waals surface area contributed by atoms with Crippen LogP contribution in [0.2, 0.25) is 0 Å². The molecule has 1 aromatic carbocycles. The highest BCUT2D eigenvalue weighted by molar-refractivity contribution is 5.48. The molecule has 0 radical (unpaired) electrons. The van der Waals surface area contributed by atoms with Crippen LogP contribution in [0.1, 0.15) is 29.3 Å². The third-order valence-electron chi connectivity index (χ3n) is 3.46. The monoisotopic (exact) mass is 240 g/mol. The predicted octanol–water partition coefficient (Wildman–Crippen LogP) is 3.20. The molecule has 1 aliphatic rings. The van der Waals surface area contributed by atoms with Gasteiger partial charge in [-0.1, -0.05) is 18.2 Å². The second kappa shape index (κ2) is 4.33. The number of anilines is 1. The van der Waals surface area contributed by atoms with Crippen molar-refractivity contribution in [1.82, 2.24) is 4.98 Å². The van der Waals surface area contributed by atoms with Crippen LogP contribution in [0, 0.1) is 6.92 Å². The van der Waals surface area contributed by atoms with Gasteiger partial charge in [-0.2, -0.15) is 0 Å². The van der Waals surface area contributed by atoms with Crippen molar-refractivity contribution in [2.75, 3.05) is 5.32 Å². The summed E-state index contributed by atoms with van der Waals surface area (Å²) in [5, 5.41) is 13.3. The second-order valence-corrected chi connectivity index (χ2v) is 4.74. The summed E-state index contributed by atoms with van der Waals surface area (Å²) in [5.74, 6) is 1.31. The Labute approximate surface area is 107 Å². The van der Waals surface area contributed by atoms with E-state index >= 15 is 0 Å². The van der Waals surface area contributed by atoms with Gasteiger partial charge in [-0.3, -0.25) is 0 Å². The molecule has 2 N–H and O–H groups in total. The van der Waals surface area contributed by atoms with Crippen LogP contribution in [0.5, 0.6) is 5.75 Å². The van der Waals surface area contributed by atoms with E-state index in [0.29, 0.717) is 5.75 Å². The van der Waals surface area contributed by atoms with Gasteiger partial charge in [0.15, 0.2) is 0 Å². The summed E-state index contributed by atoms with van der Waals surface area (Å²) in [6, 6.07) is 12.0. The molecule has 3 heteroatoms. The Morgan fingerprint density at radius 3 is 2.89 bits per heavy atom. The zero-order chi connectivity index (χ0) is 12.5. The van der Waals surface area contributed by atoms with Crippen molar-refractivity contribution in [3.8, 4) is 5.75 Å². The largest absolute Gasteiger partial charge is 0.508 e. The molecule has 1 aromatic heterocycles. The minimum atomic E-state index is 0.251. The molecule has 0 saturated carbocycles. The molecular weight excluding hydrogens is 224 g/mol. The Kier molecular flexibility index (Phi) is 2.67. The van der Waals surface area contributed by atoms with Gasteiger partial charge in [0.05, 0.1) is 6.04 Å². The number of hydrogen-bond acceptors (Lipinski definition) is 3. The molecule has 0 fully saturated rings. The Morgan fingerprint density at radius 1 is 1.22 bits per heavy atom. The zero-order valence-corrected chi connectivity index (χ0v) is 10.4. The molecule has 92 valence electrons. The van der Waals surface area contributed by atoms with E-state index in [1.807, 2.05) is 31.2 Å². The van der Waals surface area contributed by atoms with Gasteiger partial charge in [-0.15, -0.1) is 0 Å². The minimum Gasteiger partial charge on any atom is -0.508 e. The maximum Gasteiger partial charge on any atom is 0.126 e. The lowest BCUT2D eigenvalue weighted by molar-refractivity contribution is 0.469. The number of aromatic nitrogens is 1. The Bertz CT molecular complexity index is 580. The third-order valence-corrected chi connectivity index (χ3v) is 3.46. The Balaban J connectivity index is 1.87. The van der Waals surface area contributed by atoms with Gasteiger partial charge in [0.2, 0.25) is 0 Å². The number of phenolic OH excluding ortho intramolecular Hbond substituents is 1. The lowest BCUT2D eigenvalue weighted by atomic mass is 10.1. The maximum atomic E-state index is 9.82. The summed E-state index contributed by atoms with van der Waals surface area (Å²) < 4.78 is 0. The third kappa shape index (κ3) is 1.92. The number of phenols is 1. The quantitative estimate of drug-likeness (QED) is 0.847. The molecule has 0 unspecified atom stereocenters. The molecule has 0 amide bonds. The first-order chi connectivity index (χ1) is 8.74. The van der Waals surface area contributed by atoms with Gasteiger partial charge in [-0.25, -0.2) is 4.98 Å². The van der Waals surface area contributed by atoms with E-state index in [4.69, 9.17) is 0 Å². The van der Waals surface area contributed by atoms with Crippen LogP contribution in [0.3, 0.4) is 0 Å². The predicted molar refractivity (Wildman–Crippen MR) is 71.8 cm³/mol. The van der Waals surface area contributed by atoms with Crippen LogP contribution in [0.25, 0.3) is 0 Å². The van der Waals surface area contributed by atoms with Crippen molar-refractivity contribution in [3.05, 3.63) is 53.2 Å². The smallest absolute Gasteiger partial charge is 0.126 e. The molecule has 2 aromatic rings. The summed E-state index contributed by atoms with van der Waals surface area (Å²) in [5.41, 5.74) is 3.27. The number of benzene rings is 1. The van der Waals surface area contributed by atoms with E-state index in [-0.39, 0.29) is 6.04 Å². The van der Waals surface area contributed by atoms with Crippen LogP contribution in [-0.4, -0.2) is 10.1 Å². The second-order valence-electron chi connectivity index (χ2n) is 4.74. The van der Waals surface area contributed by atoms with Crippen LogP contribution in [0.4, 0.5) is 5.82 Å². The molecule has 0 bridgehead atoms. The van der Waals surface area contributed by atoms with Gasteiger partial charge in [0.25, 0.3) is 0 Å². The molecule has 3 nitrogen and oxygen atoms in total. The summed E-state index contributed by atoms with van der Waals surface area (Å²) in [6.07, 6.45) is 1.92. The first kappa shape index (κ1) is 11.1. The van der Waals surface area contributed by atoms with Crippen molar-refractivity contribution in [3.63, 3.8) is 0 Å². The molecule has 3 rings (SSSR count). The molecule has 0 aliphatic heterocycles. The Morgan fingerprint density at radius 2 is 2.06 bits per heavy atom. The van der Waals surface area contributed by atoms with Gasteiger partial charge >= 0.3 is 0 Å². The van der Waals surface area contributed by atoms with E-state index in [9.17, 15) is 5.11 Å². The number of nitrogens with one attached hydrogen (secondary N) is 1. The van der Waals surface area contributed by atoms with Gasteiger partial charge in [0.1, 0.15) is 11.6 Å². The first-order valence-corrected chi connectivity index (χ1v) is 6.25. The molecule has 1 heterocycles. The number of rotatable bonds is 2. The van der Waals surface area contributed by atoms with E-state index < -0.39 is 0 Å². The van der Waals surface area contributed by atoms with Crippen LogP contribution < -0.4 is 5.32 Å². The van der Waals surface area contributed by atoms with Crippen molar-refractivity contribution in [2.24, 2.45) is 0 Å². The summed E-state index contributed by atoms with van der Waals surface area (Å²) in [4.78, 5) is 4.46. The molecule has 0 saturated heterocycles. The minimum absolute atomic E-state index is 0.251. The highest BCUT2D eigenvalue weighted by Gasteiger charge is 2.24. The zero-order valence-electron chi connectivity index (χ0n) is 10.4. The lowest BCUT2D eigenvalue weighted by Crippen LogP contribution is -2.08. The Hall–Kier alpha value is -2.03. The summed E-state index contributed by atoms with van der Waals surface area (Å²) in [7, 11) is 0. The summed E-state index contributed by atoms with van der Waals surface area (Å²) >= 11 is 0. The summed E-state index contributed by atoms with van der Waals surface area (Å²) in [6.45, 7) is 1.99. The normalized spacial score (nSPS) is 17.5. The number of hydrogen-bond donors (Lipinski definition) is 2. The fraction of sp³-hybridized carbons (Fsp3) is 0.267. The molecule has 0 spiro atoms. The van der Waals surface area contributed by atoms with Crippen LogP contribution in [-0.2, 0) is 6.42 Å². The van der Waals surface area contributed by atoms with Crippen molar-refractivity contribution >= 4 is 5.82 Å². The number of aromatic hydroxyl groups is 1. The maximum absolute atomic E-state index is 9.82. The topological polar surface area (TPSA) is 45.1 Å². The van der Waals surface area contributed by atoms with Crippen molar-refractivity contribution in [1.29, 1.82) is 0 Å². The molecular formula is C15H16N2O. The lowest BCUT2D eigenvalue weighted by Gasteiger charge is -2.15. The van der Waals surface area contributed by atoms with Gasteiger partial charge < -0.3 is 10.4 Å². The van der Waals surface area contributed by atoms with Crippen LogP contribution >= 0.6 is 0 Å².